The Morgan fingerprint density at radius 1 is 1.15 bits per heavy atom. The Morgan fingerprint density at radius 3 is 2.38 bits per heavy atom. The normalized spacial score (nSPS) is 21.0. The third kappa shape index (κ3) is 3.94. The molecule has 0 aromatic heterocycles. The summed E-state index contributed by atoms with van der Waals surface area (Å²) in [6, 6.07) is 7.22. The number of cyclic esters (lactones) is 1. The van der Waals surface area contributed by atoms with Gasteiger partial charge in [-0.2, -0.15) is 0 Å². The maximum absolute atomic E-state index is 12.6. The molecule has 0 spiro atoms. The molecule has 0 aliphatic carbocycles. The van der Waals surface area contributed by atoms with E-state index in [-0.39, 0.29) is 19.0 Å². The number of rotatable bonds is 5. The van der Waals surface area contributed by atoms with Gasteiger partial charge in [-0.15, -0.1) is 0 Å². The summed E-state index contributed by atoms with van der Waals surface area (Å²) >= 11 is 0. The van der Waals surface area contributed by atoms with Crippen LogP contribution in [-0.2, 0) is 20.9 Å². The van der Waals surface area contributed by atoms with Crippen molar-refractivity contribution in [2.75, 3.05) is 44.2 Å². The number of carbonyl (C=O) groups is 3. The number of benzene rings is 1. The molecule has 2 heterocycles. The zero-order chi connectivity index (χ0) is 18.7. The summed E-state index contributed by atoms with van der Waals surface area (Å²) < 4.78 is 5.25. The van der Waals surface area contributed by atoms with Gasteiger partial charge in [0.15, 0.2) is 6.10 Å². The zero-order valence-corrected chi connectivity index (χ0v) is 14.3. The molecule has 3 rings (SSSR count). The highest BCUT2D eigenvalue weighted by molar-refractivity contribution is 5.95. The summed E-state index contributed by atoms with van der Waals surface area (Å²) in [5.74, 6) is -1.12. The van der Waals surface area contributed by atoms with Gasteiger partial charge < -0.3 is 20.5 Å². The molecule has 2 amide bonds. The van der Waals surface area contributed by atoms with E-state index in [1.54, 1.807) is 21.9 Å². The first-order valence-electron chi connectivity index (χ1n) is 8.48. The Labute approximate surface area is 150 Å². The number of nitrogens with two attached hydrogens (primary N) is 1. The third-order valence-corrected chi connectivity index (χ3v) is 4.61. The van der Waals surface area contributed by atoms with Gasteiger partial charge >= 0.3 is 12.1 Å². The van der Waals surface area contributed by atoms with E-state index < -0.39 is 18.2 Å². The van der Waals surface area contributed by atoms with Crippen molar-refractivity contribution in [1.82, 2.24) is 9.80 Å². The monoisotopic (exact) mass is 362 g/mol. The lowest BCUT2D eigenvalue weighted by molar-refractivity contribution is -0.142. The molecule has 9 heteroatoms. The van der Waals surface area contributed by atoms with Crippen molar-refractivity contribution in [3.05, 3.63) is 29.8 Å². The number of carbonyl (C=O) groups excluding carboxylic acids is 2. The minimum Gasteiger partial charge on any atom is -0.480 e. The van der Waals surface area contributed by atoms with Crippen LogP contribution in [0.5, 0.6) is 0 Å². The van der Waals surface area contributed by atoms with E-state index in [0.717, 1.165) is 5.56 Å². The molecular weight excluding hydrogens is 340 g/mol. The summed E-state index contributed by atoms with van der Waals surface area (Å²) in [5.41, 5.74) is 7.18. The van der Waals surface area contributed by atoms with Gasteiger partial charge in [-0.05, 0) is 17.7 Å². The summed E-state index contributed by atoms with van der Waals surface area (Å²) in [5, 5.41) is 8.82. The second-order valence-electron chi connectivity index (χ2n) is 6.35. The number of anilines is 1. The van der Waals surface area contributed by atoms with Gasteiger partial charge in [-0.1, -0.05) is 12.1 Å². The van der Waals surface area contributed by atoms with Crippen LogP contribution in [-0.4, -0.2) is 78.2 Å². The lowest BCUT2D eigenvalue weighted by Gasteiger charge is -2.34. The fourth-order valence-electron chi connectivity index (χ4n) is 3.14. The molecule has 2 aliphatic rings. The molecule has 1 aromatic carbocycles. The first-order valence-corrected chi connectivity index (χ1v) is 8.48. The van der Waals surface area contributed by atoms with Crippen LogP contribution in [0.15, 0.2) is 24.3 Å². The smallest absolute Gasteiger partial charge is 0.415 e. The molecule has 2 aliphatic heterocycles. The van der Waals surface area contributed by atoms with Crippen LogP contribution in [0.1, 0.15) is 5.56 Å². The average molecular weight is 362 g/mol. The Hall–Kier alpha value is -2.65. The van der Waals surface area contributed by atoms with Crippen molar-refractivity contribution < 1.29 is 24.2 Å². The zero-order valence-electron chi connectivity index (χ0n) is 14.3. The van der Waals surface area contributed by atoms with Gasteiger partial charge in [0.2, 0.25) is 0 Å². The number of piperazine rings is 1. The minimum atomic E-state index is -0.884. The molecule has 0 saturated carbocycles. The lowest BCUT2D eigenvalue weighted by atomic mass is 10.2. The maximum atomic E-state index is 12.6. The average Bonchev–Trinajstić information content (AvgIpc) is 3.03. The molecule has 3 N–H and O–H groups in total. The lowest BCUT2D eigenvalue weighted by Crippen LogP contribution is -2.52. The van der Waals surface area contributed by atoms with Gasteiger partial charge in [-0.25, -0.2) is 4.79 Å². The standard InChI is InChI=1S/C17H22N4O5/c18-9-12-1-3-13(4-2-12)21-10-14(26-17(21)25)16(24)20-7-5-19(6-8-20)11-15(22)23/h1-4,14H,5-11,18H2,(H,22,23). The number of nitrogens with zero attached hydrogens (tertiary/aromatic N) is 3. The predicted molar refractivity (Wildman–Crippen MR) is 92.6 cm³/mol. The molecule has 1 unspecified atom stereocenters. The van der Waals surface area contributed by atoms with Crippen molar-refractivity contribution in [2.45, 2.75) is 12.6 Å². The van der Waals surface area contributed by atoms with Crippen LogP contribution in [0.25, 0.3) is 0 Å². The first-order chi connectivity index (χ1) is 12.5. The fourth-order valence-corrected chi connectivity index (χ4v) is 3.14. The SMILES string of the molecule is NCc1ccc(N2CC(C(=O)N3CCN(CC(=O)O)CC3)OC2=O)cc1. The summed E-state index contributed by atoms with van der Waals surface area (Å²) in [4.78, 5) is 40.3. The highest BCUT2D eigenvalue weighted by Crippen LogP contribution is 2.23. The molecular formula is C17H22N4O5. The first kappa shape index (κ1) is 18.2. The van der Waals surface area contributed by atoms with Gasteiger partial charge in [-0.3, -0.25) is 19.4 Å². The van der Waals surface area contributed by atoms with Gasteiger partial charge in [0, 0.05) is 38.4 Å². The number of aliphatic carboxylic acids is 1. The predicted octanol–water partition coefficient (Wildman–Crippen LogP) is -0.301. The highest BCUT2D eigenvalue weighted by Gasteiger charge is 2.39. The van der Waals surface area contributed by atoms with Crippen molar-refractivity contribution in [3.8, 4) is 0 Å². The quantitative estimate of drug-likeness (QED) is 0.738. The van der Waals surface area contributed by atoms with E-state index >= 15 is 0 Å². The summed E-state index contributed by atoms with van der Waals surface area (Å²) in [6.45, 7) is 2.37. The molecule has 2 fully saturated rings. The van der Waals surface area contributed by atoms with Gasteiger partial charge in [0.25, 0.3) is 5.91 Å². The Balaban J connectivity index is 1.58. The molecule has 0 radical (unpaired) electrons. The van der Waals surface area contributed by atoms with Crippen molar-refractivity contribution in [1.29, 1.82) is 0 Å². The van der Waals surface area contributed by atoms with Crippen LogP contribution in [0.2, 0.25) is 0 Å². The van der Waals surface area contributed by atoms with E-state index in [0.29, 0.717) is 38.4 Å². The Bertz CT molecular complexity index is 685. The second kappa shape index (κ2) is 7.71. The molecule has 2 saturated heterocycles. The van der Waals surface area contributed by atoms with Crippen LogP contribution < -0.4 is 10.6 Å². The largest absolute Gasteiger partial charge is 0.480 e. The number of carboxylic acid groups (broad SMARTS) is 1. The van der Waals surface area contributed by atoms with E-state index in [4.69, 9.17) is 15.6 Å². The number of hydrogen-bond donors (Lipinski definition) is 2. The Morgan fingerprint density at radius 2 is 1.81 bits per heavy atom. The van der Waals surface area contributed by atoms with Gasteiger partial charge in [0.05, 0.1) is 13.1 Å². The second-order valence-corrected chi connectivity index (χ2v) is 6.35. The fraction of sp³-hybridized carbons (Fsp3) is 0.471. The van der Waals surface area contributed by atoms with E-state index in [2.05, 4.69) is 0 Å². The molecule has 26 heavy (non-hydrogen) atoms. The van der Waals surface area contributed by atoms with Crippen LogP contribution in [0, 0.1) is 0 Å². The van der Waals surface area contributed by atoms with Crippen molar-refractivity contribution in [2.24, 2.45) is 5.73 Å². The van der Waals surface area contributed by atoms with Crippen LogP contribution >= 0.6 is 0 Å². The summed E-state index contributed by atoms with van der Waals surface area (Å²) in [6.07, 6.45) is -1.39. The third-order valence-electron chi connectivity index (χ3n) is 4.61. The van der Waals surface area contributed by atoms with Crippen molar-refractivity contribution in [3.63, 3.8) is 0 Å². The molecule has 9 nitrogen and oxygen atoms in total. The van der Waals surface area contributed by atoms with E-state index in [9.17, 15) is 14.4 Å². The van der Waals surface area contributed by atoms with Crippen LogP contribution in [0.3, 0.4) is 0 Å². The van der Waals surface area contributed by atoms with E-state index in [1.807, 2.05) is 12.1 Å². The number of ether oxygens (including phenoxy) is 1. The summed E-state index contributed by atoms with van der Waals surface area (Å²) in [7, 11) is 0. The number of hydrogen-bond acceptors (Lipinski definition) is 6. The topological polar surface area (TPSA) is 116 Å². The number of amides is 2. The van der Waals surface area contributed by atoms with Gasteiger partial charge in [0.1, 0.15) is 0 Å². The molecule has 1 aromatic rings. The van der Waals surface area contributed by atoms with Crippen LogP contribution in [0.4, 0.5) is 10.5 Å². The highest BCUT2D eigenvalue weighted by atomic mass is 16.6. The molecule has 0 bridgehead atoms. The number of carboxylic acids is 1. The minimum absolute atomic E-state index is 0.0347. The van der Waals surface area contributed by atoms with Crippen molar-refractivity contribution >= 4 is 23.7 Å². The Kier molecular flexibility index (Phi) is 5.38. The molecule has 140 valence electrons. The maximum Gasteiger partial charge on any atom is 0.415 e. The molecule has 1 atom stereocenters. The van der Waals surface area contributed by atoms with E-state index in [1.165, 1.54) is 4.90 Å².